The van der Waals surface area contributed by atoms with E-state index in [0.29, 0.717) is 11.5 Å². The number of nitrogens with one attached hydrogen (secondary N) is 1. The fourth-order valence-corrected chi connectivity index (χ4v) is 2.81. The number of hydrogen-bond donors (Lipinski definition) is 1. The summed E-state index contributed by atoms with van der Waals surface area (Å²) >= 11 is 0. The van der Waals surface area contributed by atoms with Crippen LogP contribution in [0.25, 0.3) is 11.4 Å². The third-order valence-corrected chi connectivity index (χ3v) is 4.02. The Bertz CT molecular complexity index is 815. The maximum Gasteiger partial charge on any atom is 0.161 e. The van der Waals surface area contributed by atoms with Crippen molar-refractivity contribution in [3.63, 3.8) is 0 Å². The van der Waals surface area contributed by atoms with Crippen LogP contribution in [0.3, 0.4) is 0 Å². The van der Waals surface area contributed by atoms with Gasteiger partial charge in [0.2, 0.25) is 0 Å². The van der Waals surface area contributed by atoms with Crippen LogP contribution in [0.5, 0.6) is 11.5 Å². The fourth-order valence-electron chi connectivity index (χ4n) is 2.81. The van der Waals surface area contributed by atoms with Crippen LogP contribution in [-0.2, 0) is 13.1 Å². The molecule has 0 aliphatic rings. The molecule has 1 heterocycles. The van der Waals surface area contributed by atoms with Gasteiger partial charge in [-0.25, -0.2) is 4.98 Å². The minimum Gasteiger partial charge on any atom is -0.493 e. The van der Waals surface area contributed by atoms with E-state index in [1.54, 1.807) is 14.2 Å². The predicted molar refractivity (Wildman–Crippen MR) is 98.7 cm³/mol. The summed E-state index contributed by atoms with van der Waals surface area (Å²) in [4.78, 5) is 10.1. The minimum atomic E-state index is 0.694. The smallest absolute Gasteiger partial charge is 0.161 e. The molecule has 0 saturated carbocycles. The number of ether oxygens (including phenoxy) is 2. The van der Waals surface area contributed by atoms with Gasteiger partial charge in [-0.1, -0.05) is 30.3 Å². The third kappa shape index (κ3) is 4.19. The van der Waals surface area contributed by atoms with Crippen molar-refractivity contribution in [2.24, 2.45) is 0 Å². The number of aromatic amines is 1. The van der Waals surface area contributed by atoms with E-state index in [-0.39, 0.29) is 0 Å². The monoisotopic (exact) mass is 337 g/mol. The summed E-state index contributed by atoms with van der Waals surface area (Å²) in [7, 11) is 5.36. The average molecular weight is 337 g/mol. The number of rotatable bonds is 7. The Morgan fingerprint density at radius 2 is 1.72 bits per heavy atom. The molecule has 5 heteroatoms. The van der Waals surface area contributed by atoms with Gasteiger partial charge in [-0.3, -0.25) is 4.90 Å². The molecule has 0 aliphatic heterocycles. The molecule has 25 heavy (non-hydrogen) atoms. The van der Waals surface area contributed by atoms with Crippen LogP contribution in [0.15, 0.2) is 54.7 Å². The van der Waals surface area contributed by atoms with Crippen molar-refractivity contribution in [3.8, 4) is 22.9 Å². The summed E-state index contributed by atoms with van der Waals surface area (Å²) in [6, 6.07) is 16.2. The Morgan fingerprint density at radius 1 is 0.960 bits per heavy atom. The van der Waals surface area contributed by atoms with E-state index in [1.807, 2.05) is 30.5 Å². The van der Waals surface area contributed by atoms with Crippen molar-refractivity contribution in [1.82, 2.24) is 14.9 Å². The summed E-state index contributed by atoms with van der Waals surface area (Å²) in [6.45, 7) is 1.70. The van der Waals surface area contributed by atoms with E-state index in [2.05, 4.69) is 46.2 Å². The highest BCUT2D eigenvalue weighted by Crippen LogP contribution is 2.31. The molecule has 0 radical (unpaired) electrons. The molecule has 0 amide bonds. The lowest BCUT2D eigenvalue weighted by molar-refractivity contribution is 0.315. The second kappa shape index (κ2) is 7.85. The van der Waals surface area contributed by atoms with Crippen molar-refractivity contribution < 1.29 is 9.47 Å². The molecule has 130 valence electrons. The molecule has 2 aromatic carbocycles. The second-order valence-electron chi connectivity index (χ2n) is 5.98. The number of aromatic nitrogens is 2. The van der Waals surface area contributed by atoms with Gasteiger partial charge in [-0.05, 0) is 30.8 Å². The van der Waals surface area contributed by atoms with Crippen LogP contribution >= 0.6 is 0 Å². The van der Waals surface area contributed by atoms with E-state index in [0.717, 1.165) is 30.2 Å². The van der Waals surface area contributed by atoms with Crippen LogP contribution in [0.1, 0.15) is 11.3 Å². The van der Waals surface area contributed by atoms with Crippen molar-refractivity contribution >= 4 is 0 Å². The van der Waals surface area contributed by atoms with Gasteiger partial charge < -0.3 is 14.5 Å². The fraction of sp³-hybridized carbons (Fsp3) is 0.250. The first kappa shape index (κ1) is 17.0. The molecule has 1 N–H and O–H groups in total. The van der Waals surface area contributed by atoms with Crippen LogP contribution in [-0.4, -0.2) is 36.1 Å². The Balaban J connectivity index is 1.70. The van der Waals surface area contributed by atoms with Gasteiger partial charge in [-0.15, -0.1) is 0 Å². The Kier molecular flexibility index (Phi) is 5.36. The van der Waals surface area contributed by atoms with Gasteiger partial charge in [0, 0.05) is 30.5 Å². The molecule has 0 unspecified atom stereocenters. The highest BCUT2D eigenvalue weighted by Gasteiger charge is 2.10. The normalized spacial score (nSPS) is 10.9. The average Bonchev–Trinajstić information content (AvgIpc) is 3.10. The molecule has 3 aromatic rings. The van der Waals surface area contributed by atoms with Gasteiger partial charge in [0.15, 0.2) is 11.5 Å². The summed E-state index contributed by atoms with van der Waals surface area (Å²) in [6.07, 6.45) is 1.88. The molecule has 0 fully saturated rings. The van der Waals surface area contributed by atoms with Gasteiger partial charge in [0.25, 0.3) is 0 Å². The first-order chi connectivity index (χ1) is 12.2. The molecule has 5 nitrogen and oxygen atoms in total. The third-order valence-electron chi connectivity index (χ3n) is 4.02. The van der Waals surface area contributed by atoms with E-state index < -0.39 is 0 Å². The largest absolute Gasteiger partial charge is 0.493 e. The van der Waals surface area contributed by atoms with Crippen molar-refractivity contribution in [1.29, 1.82) is 0 Å². The Labute approximate surface area is 148 Å². The SMILES string of the molecule is COc1ccc(-c2ncc(CN(C)Cc3ccccc3)[nH]2)cc1OC. The number of imidazole rings is 1. The van der Waals surface area contributed by atoms with Crippen LogP contribution < -0.4 is 9.47 Å². The molecule has 3 rings (SSSR count). The van der Waals surface area contributed by atoms with E-state index in [4.69, 9.17) is 9.47 Å². The summed E-state index contributed by atoms with van der Waals surface area (Å²) in [5.74, 6) is 2.23. The van der Waals surface area contributed by atoms with Gasteiger partial charge in [-0.2, -0.15) is 0 Å². The van der Waals surface area contributed by atoms with Gasteiger partial charge in [0.05, 0.1) is 14.2 Å². The van der Waals surface area contributed by atoms with Gasteiger partial charge >= 0.3 is 0 Å². The van der Waals surface area contributed by atoms with Crippen LogP contribution in [0.4, 0.5) is 0 Å². The maximum atomic E-state index is 5.36. The molecule has 1 aromatic heterocycles. The first-order valence-corrected chi connectivity index (χ1v) is 8.18. The predicted octanol–water partition coefficient (Wildman–Crippen LogP) is 3.73. The number of methoxy groups -OCH3 is 2. The maximum absolute atomic E-state index is 5.36. The summed E-state index contributed by atoms with van der Waals surface area (Å²) in [5.41, 5.74) is 3.34. The van der Waals surface area contributed by atoms with Crippen molar-refractivity contribution in [2.75, 3.05) is 21.3 Å². The van der Waals surface area contributed by atoms with Crippen LogP contribution in [0, 0.1) is 0 Å². The number of nitrogens with zero attached hydrogens (tertiary/aromatic N) is 2. The summed E-state index contributed by atoms with van der Waals surface area (Å²) in [5, 5.41) is 0. The van der Waals surface area contributed by atoms with E-state index >= 15 is 0 Å². The van der Waals surface area contributed by atoms with E-state index in [9.17, 15) is 0 Å². The van der Waals surface area contributed by atoms with E-state index in [1.165, 1.54) is 5.56 Å². The zero-order chi connectivity index (χ0) is 17.6. The topological polar surface area (TPSA) is 50.4 Å². The van der Waals surface area contributed by atoms with Gasteiger partial charge in [0.1, 0.15) is 5.82 Å². The molecule has 0 atom stereocenters. The molecule has 0 bridgehead atoms. The first-order valence-electron chi connectivity index (χ1n) is 8.18. The number of hydrogen-bond acceptors (Lipinski definition) is 4. The quantitative estimate of drug-likeness (QED) is 0.714. The number of benzene rings is 2. The Morgan fingerprint density at radius 3 is 2.44 bits per heavy atom. The highest BCUT2D eigenvalue weighted by molar-refractivity contribution is 5.61. The standard InChI is InChI=1S/C20H23N3O2/c1-23(13-15-7-5-4-6-8-15)14-17-12-21-20(22-17)16-9-10-18(24-2)19(11-16)25-3/h4-12H,13-14H2,1-3H3,(H,21,22). The molecular weight excluding hydrogens is 314 g/mol. The molecular formula is C20H23N3O2. The van der Waals surface area contributed by atoms with Crippen LogP contribution in [0.2, 0.25) is 0 Å². The number of H-pyrrole nitrogens is 1. The van der Waals surface area contributed by atoms with Crippen molar-refractivity contribution in [3.05, 3.63) is 66.0 Å². The van der Waals surface area contributed by atoms with Crippen molar-refractivity contribution in [2.45, 2.75) is 13.1 Å². The summed E-state index contributed by atoms with van der Waals surface area (Å²) < 4.78 is 10.6. The molecule has 0 aliphatic carbocycles. The molecule has 0 spiro atoms. The Hall–Kier alpha value is -2.79. The minimum absolute atomic E-state index is 0.694. The highest BCUT2D eigenvalue weighted by atomic mass is 16.5. The lowest BCUT2D eigenvalue weighted by Gasteiger charge is -2.15. The lowest BCUT2D eigenvalue weighted by atomic mass is 10.2. The zero-order valence-electron chi connectivity index (χ0n) is 14.8. The molecule has 0 saturated heterocycles. The lowest BCUT2D eigenvalue weighted by Crippen LogP contribution is -2.17. The zero-order valence-corrected chi connectivity index (χ0v) is 14.8. The second-order valence-corrected chi connectivity index (χ2v) is 5.98.